The molecule has 0 fully saturated rings. The second kappa shape index (κ2) is 5.19. The zero-order chi connectivity index (χ0) is 9.78. The van der Waals surface area contributed by atoms with Gasteiger partial charge in [0, 0.05) is 6.04 Å². The highest BCUT2D eigenvalue weighted by Crippen LogP contribution is 2.20. The van der Waals surface area contributed by atoms with Crippen LogP contribution in [0.4, 0.5) is 0 Å². The fourth-order valence-corrected chi connectivity index (χ4v) is 0.971. The Morgan fingerprint density at radius 1 is 1.50 bits per heavy atom. The van der Waals surface area contributed by atoms with Gasteiger partial charge in [-0.05, 0) is 27.7 Å². The zero-order valence-electron chi connectivity index (χ0n) is 8.13. The highest BCUT2D eigenvalue weighted by molar-refractivity contribution is 14.1. The van der Waals surface area contributed by atoms with Crippen molar-refractivity contribution in [3.8, 4) is 0 Å². The number of rotatable bonds is 4. The van der Waals surface area contributed by atoms with Crippen molar-refractivity contribution in [2.45, 2.75) is 43.4 Å². The molecule has 0 bridgehead atoms. The van der Waals surface area contributed by atoms with Gasteiger partial charge in [0.25, 0.3) is 0 Å². The highest BCUT2D eigenvalue weighted by Gasteiger charge is 2.24. The molecule has 2 atom stereocenters. The van der Waals surface area contributed by atoms with E-state index in [2.05, 4.69) is 27.9 Å². The molecule has 0 aliphatic rings. The first-order chi connectivity index (χ1) is 5.38. The Balaban J connectivity index is 3.92. The van der Waals surface area contributed by atoms with E-state index in [0.717, 1.165) is 0 Å². The molecule has 0 amide bonds. The van der Waals surface area contributed by atoms with Crippen LogP contribution in [-0.4, -0.2) is 20.8 Å². The Kier molecular flexibility index (Phi) is 5.36. The van der Waals surface area contributed by atoms with E-state index in [1.54, 1.807) is 0 Å². The van der Waals surface area contributed by atoms with Crippen molar-refractivity contribution in [3.05, 3.63) is 12.2 Å². The molecular formula is C9H18INO. The maximum absolute atomic E-state index is 9.63. The first-order valence-corrected chi connectivity index (χ1v) is 5.21. The molecule has 0 rings (SSSR count). The number of nitrogens with one attached hydrogen (secondary N) is 1. The summed E-state index contributed by atoms with van der Waals surface area (Å²) in [5, 5.41) is 12.7. The van der Waals surface area contributed by atoms with Crippen LogP contribution in [0.2, 0.25) is 0 Å². The van der Waals surface area contributed by atoms with Crippen molar-refractivity contribution in [3.63, 3.8) is 0 Å². The van der Waals surface area contributed by atoms with Crippen molar-refractivity contribution < 1.29 is 5.11 Å². The van der Waals surface area contributed by atoms with Gasteiger partial charge >= 0.3 is 0 Å². The number of allylic oxidation sites excluding steroid dienone is 1. The third-order valence-electron chi connectivity index (χ3n) is 1.55. The van der Waals surface area contributed by atoms with Crippen LogP contribution in [0.3, 0.4) is 0 Å². The predicted octanol–water partition coefficient (Wildman–Crippen LogP) is 2.07. The molecule has 0 radical (unpaired) electrons. The molecule has 3 heteroatoms. The Morgan fingerprint density at radius 3 is 2.33 bits per heavy atom. The number of alkyl halides is 1. The number of hydrogen-bond donors (Lipinski definition) is 2. The van der Waals surface area contributed by atoms with Crippen LogP contribution in [-0.2, 0) is 0 Å². The van der Waals surface area contributed by atoms with E-state index in [-0.39, 0.29) is 9.46 Å². The summed E-state index contributed by atoms with van der Waals surface area (Å²) in [4.78, 5) is 0. The van der Waals surface area contributed by atoms with Gasteiger partial charge in [0.1, 0.15) is 6.23 Å². The lowest BCUT2D eigenvalue weighted by Crippen LogP contribution is -2.46. The summed E-state index contributed by atoms with van der Waals surface area (Å²) in [5.41, 5.74) is 0. The van der Waals surface area contributed by atoms with Gasteiger partial charge in [-0.3, -0.25) is 5.32 Å². The van der Waals surface area contributed by atoms with Crippen LogP contribution in [0, 0.1) is 0 Å². The Morgan fingerprint density at radius 2 is 2.00 bits per heavy atom. The lowest BCUT2D eigenvalue weighted by molar-refractivity contribution is 0.107. The van der Waals surface area contributed by atoms with Crippen LogP contribution >= 0.6 is 22.6 Å². The first kappa shape index (κ1) is 12.4. The molecule has 0 aliphatic heterocycles. The molecular weight excluding hydrogens is 265 g/mol. The second-order valence-electron chi connectivity index (χ2n) is 3.45. The summed E-state index contributed by atoms with van der Waals surface area (Å²) in [6.45, 7) is 7.98. The molecule has 2 nitrogen and oxygen atoms in total. The number of halogens is 1. The molecule has 0 saturated heterocycles. The van der Waals surface area contributed by atoms with Gasteiger partial charge < -0.3 is 5.11 Å². The summed E-state index contributed by atoms with van der Waals surface area (Å²) in [6, 6.07) is 0.221. The fourth-order valence-electron chi connectivity index (χ4n) is 0.791. The van der Waals surface area contributed by atoms with Gasteiger partial charge in [-0.25, -0.2) is 0 Å². The number of aliphatic hydroxyl groups is 1. The Hall–Kier alpha value is 0.390. The molecule has 0 spiro atoms. The third kappa shape index (κ3) is 5.11. The van der Waals surface area contributed by atoms with Gasteiger partial charge in [0.2, 0.25) is 0 Å². The number of aliphatic hydroxyl groups excluding tert-OH is 1. The van der Waals surface area contributed by atoms with Gasteiger partial charge in [0.05, 0.1) is 3.42 Å². The van der Waals surface area contributed by atoms with Crippen molar-refractivity contribution >= 4 is 22.6 Å². The molecule has 0 aromatic heterocycles. The van der Waals surface area contributed by atoms with Crippen molar-refractivity contribution in [2.24, 2.45) is 0 Å². The van der Waals surface area contributed by atoms with E-state index in [0.29, 0.717) is 0 Å². The van der Waals surface area contributed by atoms with E-state index in [1.807, 2.05) is 39.8 Å². The van der Waals surface area contributed by atoms with Crippen molar-refractivity contribution in [1.29, 1.82) is 0 Å². The van der Waals surface area contributed by atoms with Crippen molar-refractivity contribution in [2.75, 3.05) is 0 Å². The topological polar surface area (TPSA) is 32.3 Å². The zero-order valence-corrected chi connectivity index (χ0v) is 10.3. The van der Waals surface area contributed by atoms with E-state index in [9.17, 15) is 5.11 Å². The van der Waals surface area contributed by atoms with E-state index >= 15 is 0 Å². The SMILES string of the molecule is C/C=C/[C@@H](C)N[C@H](O)C(C)(C)I. The minimum atomic E-state index is -0.468. The van der Waals surface area contributed by atoms with Gasteiger partial charge in [-0.1, -0.05) is 34.7 Å². The maximum Gasteiger partial charge on any atom is 0.119 e. The summed E-state index contributed by atoms with van der Waals surface area (Å²) >= 11 is 2.23. The quantitative estimate of drug-likeness (QED) is 0.358. The summed E-state index contributed by atoms with van der Waals surface area (Å²) in [7, 11) is 0. The Labute approximate surface area is 88.6 Å². The first-order valence-electron chi connectivity index (χ1n) is 4.13. The van der Waals surface area contributed by atoms with Gasteiger partial charge in [-0.2, -0.15) is 0 Å². The molecule has 0 aliphatic carbocycles. The smallest absolute Gasteiger partial charge is 0.119 e. The molecule has 0 heterocycles. The predicted molar refractivity (Wildman–Crippen MR) is 61.5 cm³/mol. The molecule has 2 N–H and O–H groups in total. The average Bonchev–Trinajstić information content (AvgIpc) is 1.85. The monoisotopic (exact) mass is 283 g/mol. The minimum Gasteiger partial charge on any atom is -0.377 e. The highest BCUT2D eigenvalue weighted by atomic mass is 127. The Bertz CT molecular complexity index is 151. The van der Waals surface area contributed by atoms with Crippen molar-refractivity contribution in [1.82, 2.24) is 5.32 Å². The van der Waals surface area contributed by atoms with E-state index < -0.39 is 6.23 Å². The van der Waals surface area contributed by atoms with E-state index in [1.165, 1.54) is 0 Å². The fraction of sp³-hybridized carbons (Fsp3) is 0.778. The molecule has 0 saturated carbocycles. The van der Waals surface area contributed by atoms with Gasteiger partial charge in [0.15, 0.2) is 0 Å². The summed E-state index contributed by atoms with van der Waals surface area (Å²) < 4.78 is -0.131. The van der Waals surface area contributed by atoms with Crippen LogP contribution < -0.4 is 5.32 Å². The lowest BCUT2D eigenvalue weighted by atomic mass is 10.1. The second-order valence-corrected chi connectivity index (χ2v) is 6.23. The normalized spacial score (nSPS) is 18.2. The van der Waals surface area contributed by atoms with Crippen LogP contribution in [0.15, 0.2) is 12.2 Å². The molecule has 12 heavy (non-hydrogen) atoms. The molecule has 0 unspecified atom stereocenters. The third-order valence-corrected chi connectivity index (χ3v) is 2.14. The van der Waals surface area contributed by atoms with Gasteiger partial charge in [-0.15, -0.1) is 0 Å². The number of hydrogen-bond acceptors (Lipinski definition) is 2. The lowest BCUT2D eigenvalue weighted by Gasteiger charge is -2.27. The maximum atomic E-state index is 9.63. The standard InChI is InChI=1S/C9H18INO/c1-5-6-7(2)11-8(12)9(3,4)10/h5-8,11-12H,1-4H3/b6-5+/t7-,8-/m1/s1. The summed E-state index contributed by atoms with van der Waals surface area (Å²) in [6.07, 6.45) is 3.53. The van der Waals surface area contributed by atoms with E-state index in [4.69, 9.17) is 0 Å². The van der Waals surface area contributed by atoms with Crippen LogP contribution in [0.1, 0.15) is 27.7 Å². The molecule has 0 aromatic rings. The molecule has 72 valence electrons. The minimum absolute atomic E-state index is 0.131. The molecule has 0 aromatic carbocycles. The largest absolute Gasteiger partial charge is 0.377 e. The summed E-state index contributed by atoms with van der Waals surface area (Å²) in [5.74, 6) is 0. The van der Waals surface area contributed by atoms with Crippen LogP contribution in [0.5, 0.6) is 0 Å². The average molecular weight is 283 g/mol. The van der Waals surface area contributed by atoms with Crippen LogP contribution in [0.25, 0.3) is 0 Å².